The number of nitrogens with two attached hydrogens (primary N) is 1. The van der Waals surface area contributed by atoms with Crippen LogP contribution in [-0.4, -0.2) is 41.3 Å². The van der Waals surface area contributed by atoms with Gasteiger partial charge in [0.15, 0.2) is 0 Å². The molecule has 1 aromatic carbocycles. The number of benzene rings is 1. The Morgan fingerprint density at radius 2 is 1.83 bits per heavy atom. The first-order valence-corrected chi connectivity index (χ1v) is 10.1. The minimum Gasteiger partial charge on any atom is -0.444 e. The van der Waals surface area contributed by atoms with Crippen LogP contribution < -0.4 is 16.0 Å². The van der Waals surface area contributed by atoms with Gasteiger partial charge < -0.3 is 25.3 Å². The van der Waals surface area contributed by atoms with Crippen LogP contribution in [0.25, 0.3) is 10.9 Å². The first-order valence-electron chi connectivity index (χ1n) is 10.1. The molecule has 8 nitrogen and oxygen atoms in total. The lowest BCUT2D eigenvalue weighted by Gasteiger charge is -2.20. The van der Waals surface area contributed by atoms with E-state index in [0.29, 0.717) is 0 Å². The van der Waals surface area contributed by atoms with E-state index < -0.39 is 23.6 Å². The number of amides is 2. The number of para-hydroxylation sites is 1. The number of aromatic nitrogens is 1. The fraction of sp³-hybridized carbons (Fsp3) is 0.500. The SMILES string of the molecule is CC(NC(=O)OC(C)(C)C)C(N)=O.Cn1c(N2CCCC2)c(C#N)c2ccccc21. The molecular formula is C22H31N5O3. The average molecular weight is 414 g/mol. The smallest absolute Gasteiger partial charge is 0.408 e. The highest BCUT2D eigenvalue weighted by Gasteiger charge is 2.22. The van der Waals surface area contributed by atoms with Gasteiger partial charge >= 0.3 is 6.09 Å². The number of aryl methyl sites for hydroxylation is 1. The second kappa shape index (κ2) is 9.53. The quantitative estimate of drug-likeness (QED) is 0.803. The molecule has 8 heteroatoms. The van der Waals surface area contributed by atoms with Crippen LogP contribution in [0.15, 0.2) is 24.3 Å². The monoisotopic (exact) mass is 413 g/mol. The number of carbonyl (C=O) groups is 2. The summed E-state index contributed by atoms with van der Waals surface area (Å²) in [7, 11) is 2.05. The molecule has 30 heavy (non-hydrogen) atoms. The Labute approximate surface area is 177 Å². The van der Waals surface area contributed by atoms with Crippen LogP contribution in [0.5, 0.6) is 0 Å². The van der Waals surface area contributed by atoms with E-state index in [2.05, 4.69) is 34.0 Å². The Morgan fingerprint density at radius 3 is 2.37 bits per heavy atom. The predicted molar refractivity (Wildman–Crippen MR) is 117 cm³/mol. The van der Waals surface area contributed by atoms with Crippen molar-refractivity contribution in [3.8, 4) is 6.07 Å². The van der Waals surface area contributed by atoms with E-state index in [1.807, 2.05) is 18.2 Å². The number of anilines is 1. The van der Waals surface area contributed by atoms with Crippen LogP contribution in [0.1, 0.15) is 46.1 Å². The summed E-state index contributed by atoms with van der Waals surface area (Å²) < 4.78 is 7.05. The van der Waals surface area contributed by atoms with Gasteiger partial charge in [0.05, 0.1) is 5.52 Å². The zero-order valence-corrected chi connectivity index (χ0v) is 18.4. The van der Waals surface area contributed by atoms with Crippen LogP contribution in [0.4, 0.5) is 10.6 Å². The maximum atomic E-state index is 11.0. The van der Waals surface area contributed by atoms with Gasteiger partial charge in [-0.1, -0.05) is 18.2 Å². The van der Waals surface area contributed by atoms with Gasteiger partial charge in [-0.05, 0) is 46.6 Å². The van der Waals surface area contributed by atoms with Crippen LogP contribution >= 0.6 is 0 Å². The number of nitrogens with zero attached hydrogens (tertiary/aromatic N) is 3. The van der Waals surface area contributed by atoms with Gasteiger partial charge in [0.2, 0.25) is 5.91 Å². The van der Waals surface area contributed by atoms with E-state index >= 15 is 0 Å². The van der Waals surface area contributed by atoms with Gasteiger partial charge in [0.25, 0.3) is 0 Å². The standard InChI is InChI=1S/C14H15N3.C8H16N2O3/c1-16-13-7-3-2-6-11(13)12(10-15)14(16)17-8-4-5-9-17;1-5(6(9)11)10-7(12)13-8(2,3)4/h2-3,6-7H,4-5,8-9H2,1H3;5H,1-4H3,(H2,9,11)(H,10,12). The van der Waals surface area contributed by atoms with Gasteiger partial charge in [0, 0.05) is 25.5 Å². The van der Waals surface area contributed by atoms with Crippen LogP contribution in [0.3, 0.4) is 0 Å². The highest BCUT2D eigenvalue weighted by Crippen LogP contribution is 2.32. The minimum absolute atomic E-state index is 0.568. The lowest BCUT2D eigenvalue weighted by molar-refractivity contribution is -0.119. The third kappa shape index (κ3) is 5.66. The maximum absolute atomic E-state index is 11.0. The van der Waals surface area contributed by atoms with E-state index in [0.717, 1.165) is 35.4 Å². The number of primary amides is 1. The normalized spacial score (nSPS) is 14.5. The Balaban J connectivity index is 0.000000224. The number of alkyl carbamates (subject to hydrolysis) is 1. The highest BCUT2D eigenvalue weighted by atomic mass is 16.6. The third-order valence-corrected chi connectivity index (χ3v) is 4.75. The maximum Gasteiger partial charge on any atom is 0.408 e. The fourth-order valence-electron chi connectivity index (χ4n) is 3.34. The molecule has 1 fully saturated rings. The Kier molecular flexibility index (Phi) is 7.33. The number of ether oxygens (including phenoxy) is 1. The number of rotatable bonds is 3. The van der Waals surface area contributed by atoms with Gasteiger partial charge in [-0.2, -0.15) is 5.26 Å². The predicted octanol–water partition coefficient (Wildman–Crippen LogP) is 3.04. The van der Waals surface area contributed by atoms with Crippen LogP contribution in [-0.2, 0) is 16.6 Å². The molecule has 0 radical (unpaired) electrons. The van der Waals surface area contributed by atoms with Crippen LogP contribution in [0.2, 0.25) is 0 Å². The van der Waals surface area contributed by atoms with Crippen molar-refractivity contribution < 1.29 is 14.3 Å². The van der Waals surface area contributed by atoms with Crippen molar-refractivity contribution in [3.05, 3.63) is 29.8 Å². The zero-order chi connectivity index (χ0) is 22.5. The largest absolute Gasteiger partial charge is 0.444 e. The molecular weight excluding hydrogens is 382 g/mol. The molecule has 2 heterocycles. The second-order valence-electron chi connectivity index (χ2n) is 8.35. The van der Waals surface area contributed by atoms with Gasteiger partial charge in [-0.25, -0.2) is 4.79 Å². The number of nitriles is 1. The van der Waals surface area contributed by atoms with Crippen molar-refractivity contribution in [2.24, 2.45) is 12.8 Å². The third-order valence-electron chi connectivity index (χ3n) is 4.75. The topological polar surface area (TPSA) is 113 Å². The molecule has 3 rings (SSSR count). The molecule has 2 amide bonds. The van der Waals surface area contributed by atoms with Gasteiger partial charge in [0.1, 0.15) is 29.1 Å². The summed E-state index contributed by atoms with van der Waals surface area (Å²) in [6, 6.07) is 9.80. The molecule has 1 unspecified atom stereocenters. The molecule has 2 aromatic rings. The lowest BCUT2D eigenvalue weighted by Crippen LogP contribution is -2.44. The number of hydrogen-bond donors (Lipinski definition) is 2. The molecule has 1 saturated heterocycles. The number of fused-ring (bicyclic) bond motifs is 1. The summed E-state index contributed by atoms with van der Waals surface area (Å²) in [5, 5.41) is 12.8. The van der Waals surface area contributed by atoms with Crippen molar-refractivity contribution in [2.75, 3.05) is 18.0 Å². The number of carbonyl (C=O) groups excluding carboxylic acids is 2. The Hall–Kier alpha value is -3.21. The summed E-state index contributed by atoms with van der Waals surface area (Å²) in [6.07, 6.45) is 1.82. The van der Waals surface area contributed by atoms with E-state index in [1.54, 1.807) is 20.8 Å². The summed E-state index contributed by atoms with van der Waals surface area (Å²) in [5.41, 5.74) is 6.34. The van der Waals surface area contributed by atoms with Gasteiger partial charge in [-0.15, -0.1) is 0 Å². The minimum atomic E-state index is -0.713. The molecule has 3 N–H and O–H groups in total. The Bertz CT molecular complexity index is 946. The summed E-state index contributed by atoms with van der Waals surface area (Å²) >= 11 is 0. The molecule has 0 spiro atoms. The highest BCUT2D eigenvalue weighted by molar-refractivity contribution is 5.92. The lowest BCUT2D eigenvalue weighted by atomic mass is 10.2. The van der Waals surface area contributed by atoms with Crippen LogP contribution in [0, 0.1) is 11.3 Å². The molecule has 0 bridgehead atoms. The molecule has 1 atom stereocenters. The molecule has 0 saturated carbocycles. The summed E-state index contributed by atoms with van der Waals surface area (Å²) in [5.74, 6) is 0.497. The average Bonchev–Trinajstić information content (AvgIpc) is 3.27. The molecule has 1 aromatic heterocycles. The van der Waals surface area contributed by atoms with E-state index in [9.17, 15) is 14.9 Å². The second-order valence-corrected chi connectivity index (χ2v) is 8.35. The Morgan fingerprint density at radius 1 is 1.23 bits per heavy atom. The van der Waals surface area contributed by atoms with Crippen molar-refractivity contribution >= 4 is 28.7 Å². The van der Waals surface area contributed by atoms with E-state index in [-0.39, 0.29) is 0 Å². The van der Waals surface area contributed by atoms with Gasteiger partial charge in [-0.3, -0.25) is 4.79 Å². The molecule has 0 aliphatic carbocycles. The first kappa shape index (κ1) is 23.1. The summed E-state index contributed by atoms with van der Waals surface area (Å²) in [4.78, 5) is 23.9. The number of hydrogen-bond acceptors (Lipinski definition) is 5. The van der Waals surface area contributed by atoms with E-state index in [1.165, 1.54) is 19.8 Å². The molecule has 1 aliphatic heterocycles. The fourth-order valence-corrected chi connectivity index (χ4v) is 3.34. The van der Waals surface area contributed by atoms with Crippen molar-refractivity contribution in [1.82, 2.24) is 9.88 Å². The zero-order valence-electron chi connectivity index (χ0n) is 18.4. The molecule has 162 valence electrons. The summed E-state index contributed by atoms with van der Waals surface area (Å²) in [6.45, 7) is 8.84. The van der Waals surface area contributed by atoms with Crippen molar-refractivity contribution in [1.29, 1.82) is 5.26 Å². The molecule has 1 aliphatic rings. The van der Waals surface area contributed by atoms with Crippen molar-refractivity contribution in [2.45, 2.75) is 52.2 Å². The van der Waals surface area contributed by atoms with Crippen molar-refractivity contribution in [3.63, 3.8) is 0 Å². The first-order chi connectivity index (χ1) is 14.0. The van der Waals surface area contributed by atoms with E-state index in [4.69, 9.17) is 10.5 Å². The number of nitrogens with one attached hydrogen (secondary N) is 1.